The fourth-order valence-corrected chi connectivity index (χ4v) is 9.62. The standard InChI is InChI=1S/C32H35FN4O6S2/c33-22-8-6-21(7-9-22)28-14-26(31(44-28)32(39)40)37-27(20-4-2-1-3-5-20)18-36(19-30(37)38)45(41,42)25-12-13-29(34-15-25)35-16-23-10-11-24(17-35)43-23/h6-9,12-15,20,23-24,27H,1-5,10-11,16-19H2,(H,39,40)/t23?,24?,27-/m0/s1. The topological polar surface area (TPSA) is 120 Å². The second-order valence-electron chi connectivity index (χ2n) is 12.4. The Morgan fingerprint density at radius 1 is 0.978 bits per heavy atom. The van der Waals surface area contributed by atoms with Crippen LogP contribution in [0.15, 0.2) is 53.6 Å². The quantitative estimate of drug-likeness (QED) is 0.378. The van der Waals surface area contributed by atoms with Gasteiger partial charge >= 0.3 is 5.97 Å². The first kappa shape index (κ1) is 30.3. The van der Waals surface area contributed by atoms with E-state index in [1.165, 1.54) is 27.5 Å². The summed E-state index contributed by atoms with van der Waals surface area (Å²) in [5.74, 6) is -1.34. The minimum absolute atomic E-state index is 0.00358. The van der Waals surface area contributed by atoms with Gasteiger partial charge in [0.15, 0.2) is 0 Å². The molecule has 3 aromatic rings. The van der Waals surface area contributed by atoms with Gasteiger partial charge in [-0.05, 0) is 67.5 Å². The number of pyridine rings is 1. The summed E-state index contributed by atoms with van der Waals surface area (Å²) >= 11 is 1.02. The molecule has 0 radical (unpaired) electrons. The summed E-state index contributed by atoms with van der Waals surface area (Å²) < 4.78 is 48.6. The number of nitrogens with zero attached hydrogens (tertiary/aromatic N) is 4. The van der Waals surface area contributed by atoms with E-state index in [2.05, 4.69) is 9.88 Å². The number of hydrogen-bond acceptors (Lipinski definition) is 8. The van der Waals surface area contributed by atoms with E-state index in [0.717, 1.165) is 69.4 Å². The molecule has 45 heavy (non-hydrogen) atoms. The Morgan fingerprint density at radius 3 is 2.33 bits per heavy atom. The molecule has 1 amide bonds. The van der Waals surface area contributed by atoms with Crippen LogP contribution in [0.1, 0.15) is 54.6 Å². The fraction of sp³-hybridized carbons (Fsp3) is 0.469. The molecular formula is C32H35FN4O6S2. The number of carboxylic acids is 1. The Balaban J connectivity index is 1.19. The van der Waals surface area contributed by atoms with Gasteiger partial charge < -0.3 is 19.6 Å². The number of morpholine rings is 1. The Labute approximate surface area is 265 Å². The van der Waals surface area contributed by atoms with Crippen molar-refractivity contribution >= 4 is 44.7 Å². The smallest absolute Gasteiger partial charge is 0.348 e. The highest BCUT2D eigenvalue weighted by atomic mass is 32.2. The average Bonchev–Trinajstić information content (AvgIpc) is 3.64. The van der Waals surface area contributed by atoms with Crippen molar-refractivity contribution in [2.75, 3.05) is 36.0 Å². The van der Waals surface area contributed by atoms with Crippen molar-refractivity contribution in [3.05, 3.63) is 59.4 Å². The maximum atomic E-state index is 14.0. The van der Waals surface area contributed by atoms with Crippen molar-refractivity contribution in [1.29, 1.82) is 0 Å². The number of rotatable bonds is 7. The molecule has 4 fully saturated rings. The number of carboxylic acid groups (broad SMARTS) is 1. The zero-order valence-corrected chi connectivity index (χ0v) is 26.3. The fourth-order valence-electron chi connectivity index (χ4n) is 7.27. The number of halogens is 1. The van der Waals surface area contributed by atoms with E-state index in [-0.39, 0.29) is 40.1 Å². The van der Waals surface area contributed by atoms with Crippen LogP contribution in [0.5, 0.6) is 0 Å². The number of aromatic nitrogens is 1. The van der Waals surface area contributed by atoms with Gasteiger partial charge in [0.2, 0.25) is 15.9 Å². The SMILES string of the molecule is O=C(O)c1sc(-c2ccc(F)cc2)cc1N1C(=O)CN(S(=O)(=O)c2ccc(N3CC4CCC(C3)O4)nc2)C[C@H]1C1CCCCC1. The third kappa shape index (κ3) is 5.86. The van der Waals surface area contributed by atoms with Crippen molar-refractivity contribution < 1.29 is 32.2 Å². The molecule has 5 heterocycles. The van der Waals surface area contributed by atoms with Crippen molar-refractivity contribution in [2.45, 2.75) is 68.1 Å². The first-order valence-corrected chi connectivity index (χ1v) is 17.7. The minimum Gasteiger partial charge on any atom is -0.477 e. The highest BCUT2D eigenvalue weighted by Gasteiger charge is 2.44. The molecule has 10 nitrogen and oxygen atoms in total. The predicted octanol–water partition coefficient (Wildman–Crippen LogP) is 5.00. The van der Waals surface area contributed by atoms with E-state index >= 15 is 0 Å². The lowest BCUT2D eigenvalue weighted by molar-refractivity contribution is -0.121. The summed E-state index contributed by atoms with van der Waals surface area (Å²) in [6.45, 7) is 1.08. The lowest BCUT2D eigenvalue weighted by Gasteiger charge is -2.44. The Hall–Kier alpha value is -3.39. The number of piperazine rings is 1. The van der Waals surface area contributed by atoms with E-state index in [4.69, 9.17) is 4.74 Å². The molecular weight excluding hydrogens is 620 g/mol. The van der Waals surface area contributed by atoms with E-state index in [0.29, 0.717) is 16.3 Å². The van der Waals surface area contributed by atoms with Crippen LogP contribution in [0.3, 0.4) is 0 Å². The first-order chi connectivity index (χ1) is 21.7. The number of hydrogen-bond donors (Lipinski definition) is 1. The van der Waals surface area contributed by atoms with E-state index in [1.54, 1.807) is 30.3 Å². The van der Waals surface area contributed by atoms with Crippen molar-refractivity contribution in [2.24, 2.45) is 5.92 Å². The molecule has 3 aliphatic heterocycles. The highest BCUT2D eigenvalue weighted by Crippen LogP contribution is 2.42. The van der Waals surface area contributed by atoms with Crippen LogP contribution in [-0.2, 0) is 19.6 Å². The zero-order chi connectivity index (χ0) is 31.3. The summed E-state index contributed by atoms with van der Waals surface area (Å²) in [7, 11) is -4.07. The number of ether oxygens (including phenoxy) is 1. The summed E-state index contributed by atoms with van der Waals surface area (Å²) in [5, 5.41) is 10.2. The molecule has 7 rings (SSSR count). The van der Waals surface area contributed by atoms with Crippen molar-refractivity contribution in [3.63, 3.8) is 0 Å². The second kappa shape index (κ2) is 12.1. The lowest BCUT2D eigenvalue weighted by atomic mass is 9.82. The van der Waals surface area contributed by atoms with Gasteiger partial charge in [0.1, 0.15) is 21.4 Å². The number of fused-ring (bicyclic) bond motifs is 2. The summed E-state index contributed by atoms with van der Waals surface area (Å²) in [4.78, 5) is 35.2. The lowest BCUT2D eigenvalue weighted by Crippen LogP contribution is -2.60. The molecule has 1 N–H and O–H groups in total. The molecule has 2 unspecified atom stereocenters. The molecule has 2 aromatic heterocycles. The number of aromatic carboxylic acids is 1. The number of thiophene rings is 1. The third-order valence-corrected chi connectivity index (χ3v) is 12.5. The summed E-state index contributed by atoms with van der Waals surface area (Å²) in [6, 6.07) is 10.2. The first-order valence-electron chi connectivity index (χ1n) is 15.5. The Kier molecular flexibility index (Phi) is 8.13. The van der Waals surface area contributed by atoms with Gasteiger partial charge in [-0.1, -0.05) is 31.4 Å². The highest BCUT2D eigenvalue weighted by molar-refractivity contribution is 7.89. The predicted molar refractivity (Wildman–Crippen MR) is 168 cm³/mol. The molecule has 0 spiro atoms. The molecule has 2 bridgehead atoms. The molecule has 3 saturated heterocycles. The molecule has 1 aromatic carbocycles. The normalized spacial score (nSPS) is 24.7. The van der Waals surface area contributed by atoms with Crippen LogP contribution in [0, 0.1) is 11.7 Å². The second-order valence-corrected chi connectivity index (χ2v) is 15.4. The van der Waals surface area contributed by atoms with Gasteiger partial charge in [-0.3, -0.25) is 4.79 Å². The van der Waals surface area contributed by atoms with Crippen LogP contribution in [-0.4, -0.2) is 79.1 Å². The summed E-state index contributed by atoms with van der Waals surface area (Å²) in [5.41, 5.74) is 0.897. The van der Waals surface area contributed by atoms with Crippen molar-refractivity contribution in [3.8, 4) is 10.4 Å². The van der Waals surface area contributed by atoms with Gasteiger partial charge in [0, 0.05) is 30.7 Å². The zero-order valence-electron chi connectivity index (χ0n) is 24.7. The third-order valence-electron chi connectivity index (χ3n) is 9.52. The van der Waals surface area contributed by atoms with Gasteiger partial charge in [-0.2, -0.15) is 4.31 Å². The van der Waals surface area contributed by atoms with Gasteiger partial charge in [0.05, 0.1) is 30.5 Å². The van der Waals surface area contributed by atoms with Gasteiger partial charge in [-0.15, -0.1) is 11.3 Å². The van der Waals surface area contributed by atoms with E-state index in [1.807, 2.05) is 0 Å². The molecule has 1 aliphatic carbocycles. The van der Waals surface area contributed by atoms with E-state index in [9.17, 15) is 27.5 Å². The number of carbonyl (C=O) groups excluding carboxylic acids is 1. The molecule has 13 heteroatoms. The van der Waals surface area contributed by atoms with Gasteiger partial charge in [-0.25, -0.2) is 22.6 Å². The van der Waals surface area contributed by atoms with Crippen LogP contribution in [0.4, 0.5) is 15.9 Å². The molecule has 4 aliphatic rings. The molecule has 3 atom stereocenters. The number of anilines is 2. The largest absolute Gasteiger partial charge is 0.477 e. The number of benzene rings is 1. The van der Waals surface area contributed by atoms with Crippen LogP contribution in [0.2, 0.25) is 0 Å². The number of amides is 1. The Bertz CT molecular complexity index is 1680. The number of sulfonamides is 1. The van der Waals surface area contributed by atoms with Gasteiger partial charge in [0.25, 0.3) is 0 Å². The van der Waals surface area contributed by atoms with E-state index < -0.39 is 40.3 Å². The van der Waals surface area contributed by atoms with Crippen LogP contribution in [0.25, 0.3) is 10.4 Å². The number of carbonyl (C=O) groups is 2. The average molecular weight is 655 g/mol. The summed E-state index contributed by atoms with van der Waals surface area (Å²) in [6.07, 6.45) is 8.36. The molecule has 238 valence electrons. The molecule has 1 saturated carbocycles. The Morgan fingerprint density at radius 2 is 1.69 bits per heavy atom. The van der Waals surface area contributed by atoms with Crippen molar-refractivity contribution in [1.82, 2.24) is 9.29 Å². The van der Waals surface area contributed by atoms with Crippen LogP contribution >= 0.6 is 11.3 Å². The maximum Gasteiger partial charge on any atom is 0.348 e. The monoisotopic (exact) mass is 654 g/mol. The van der Waals surface area contributed by atoms with Crippen LogP contribution < -0.4 is 9.80 Å². The maximum absolute atomic E-state index is 14.0. The minimum atomic E-state index is -4.07.